The summed E-state index contributed by atoms with van der Waals surface area (Å²) < 4.78 is 18.8. The first-order valence-corrected chi connectivity index (χ1v) is 9.80. The number of rotatable bonds is 6. The lowest BCUT2D eigenvalue weighted by Gasteiger charge is -2.33. The number of carbonyl (C=O) groups is 1. The van der Waals surface area contributed by atoms with Gasteiger partial charge in [-0.25, -0.2) is 4.39 Å². The molecule has 0 saturated heterocycles. The first kappa shape index (κ1) is 18.7. The van der Waals surface area contributed by atoms with Crippen LogP contribution in [0.2, 0.25) is 0 Å². The average Bonchev–Trinajstić information content (AvgIpc) is 2.55. The standard InChI is InChI=1S/C20H35FO2/c1-14(2)4-5-15(3)16-6-8-17(9-7-16)20(22)23-19-12-10-18(21)11-13-19/h14-19H,4-13H2,1-3H3. The number of hydrogen-bond donors (Lipinski definition) is 0. The molecule has 3 heteroatoms. The molecule has 2 aliphatic carbocycles. The molecule has 0 amide bonds. The predicted octanol–water partition coefficient (Wildman–Crippen LogP) is 5.69. The molecule has 0 N–H and O–H groups in total. The largest absolute Gasteiger partial charge is 0.462 e. The molecule has 2 rings (SSSR count). The Balaban J connectivity index is 1.68. The van der Waals surface area contributed by atoms with E-state index in [1.807, 2.05) is 0 Å². The van der Waals surface area contributed by atoms with Crippen LogP contribution in [0.4, 0.5) is 4.39 Å². The second-order valence-electron chi connectivity index (χ2n) is 8.37. The van der Waals surface area contributed by atoms with E-state index in [1.165, 1.54) is 12.8 Å². The maximum atomic E-state index is 13.1. The molecule has 2 nitrogen and oxygen atoms in total. The molecule has 0 bridgehead atoms. The van der Waals surface area contributed by atoms with Crippen molar-refractivity contribution >= 4 is 5.97 Å². The summed E-state index contributed by atoms with van der Waals surface area (Å²) in [5, 5.41) is 0. The van der Waals surface area contributed by atoms with Crippen LogP contribution in [-0.4, -0.2) is 18.2 Å². The number of halogens is 1. The van der Waals surface area contributed by atoms with Crippen molar-refractivity contribution < 1.29 is 13.9 Å². The molecule has 1 atom stereocenters. The Morgan fingerprint density at radius 1 is 0.957 bits per heavy atom. The van der Waals surface area contributed by atoms with Crippen molar-refractivity contribution in [2.24, 2.45) is 23.7 Å². The van der Waals surface area contributed by atoms with Gasteiger partial charge in [-0.2, -0.15) is 0 Å². The second kappa shape index (κ2) is 9.03. The Labute approximate surface area is 141 Å². The van der Waals surface area contributed by atoms with Crippen LogP contribution in [0.3, 0.4) is 0 Å². The molecule has 0 aromatic rings. The molecular weight excluding hydrogens is 291 g/mol. The molecular formula is C20H35FO2. The first-order valence-electron chi connectivity index (χ1n) is 9.80. The molecule has 0 heterocycles. The Kier molecular flexibility index (Phi) is 7.36. The van der Waals surface area contributed by atoms with Crippen LogP contribution in [0.1, 0.15) is 85.0 Å². The van der Waals surface area contributed by atoms with E-state index in [4.69, 9.17) is 4.74 Å². The highest BCUT2D eigenvalue weighted by atomic mass is 19.1. The van der Waals surface area contributed by atoms with Crippen molar-refractivity contribution in [2.75, 3.05) is 0 Å². The van der Waals surface area contributed by atoms with Gasteiger partial charge in [-0.05, 0) is 69.1 Å². The van der Waals surface area contributed by atoms with Crippen LogP contribution < -0.4 is 0 Å². The van der Waals surface area contributed by atoms with Crippen LogP contribution in [0.25, 0.3) is 0 Å². The normalized spacial score (nSPS) is 33.4. The molecule has 0 radical (unpaired) electrons. The Bertz CT molecular complexity index is 353. The summed E-state index contributed by atoms with van der Waals surface area (Å²) in [5.74, 6) is 2.41. The highest BCUT2D eigenvalue weighted by molar-refractivity contribution is 5.72. The van der Waals surface area contributed by atoms with Gasteiger partial charge in [0, 0.05) is 0 Å². The molecule has 1 unspecified atom stereocenters. The van der Waals surface area contributed by atoms with Gasteiger partial charge < -0.3 is 4.74 Å². The molecule has 2 fully saturated rings. The van der Waals surface area contributed by atoms with Gasteiger partial charge in [0.05, 0.1) is 5.92 Å². The number of alkyl halides is 1. The first-order chi connectivity index (χ1) is 11.0. The minimum atomic E-state index is -0.687. The van der Waals surface area contributed by atoms with E-state index in [0.29, 0.717) is 25.7 Å². The maximum absolute atomic E-state index is 13.1. The number of esters is 1. The third kappa shape index (κ3) is 6.08. The van der Waals surface area contributed by atoms with Gasteiger partial charge in [0.15, 0.2) is 0 Å². The molecule has 23 heavy (non-hydrogen) atoms. The number of ether oxygens (including phenoxy) is 1. The van der Waals surface area contributed by atoms with Gasteiger partial charge in [0.1, 0.15) is 12.3 Å². The van der Waals surface area contributed by atoms with E-state index in [-0.39, 0.29) is 18.0 Å². The summed E-state index contributed by atoms with van der Waals surface area (Å²) in [7, 11) is 0. The summed E-state index contributed by atoms with van der Waals surface area (Å²) in [6, 6.07) is 0. The lowest BCUT2D eigenvalue weighted by molar-refractivity contribution is -0.157. The minimum absolute atomic E-state index is 0.0133. The fourth-order valence-corrected chi connectivity index (χ4v) is 4.16. The molecule has 0 aromatic carbocycles. The van der Waals surface area contributed by atoms with Gasteiger partial charge in [-0.15, -0.1) is 0 Å². The van der Waals surface area contributed by atoms with Crippen molar-refractivity contribution in [3.63, 3.8) is 0 Å². The molecule has 0 spiro atoms. The van der Waals surface area contributed by atoms with Crippen molar-refractivity contribution in [3.05, 3.63) is 0 Å². The van der Waals surface area contributed by atoms with Crippen molar-refractivity contribution in [3.8, 4) is 0 Å². The van der Waals surface area contributed by atoms with Gasteiger partial charge in [0.25, 0.3) is 0 Å². The zero-order chi connectivity index (χ0) is 16.8. The van der Waals surface area contributed by atoms with E-state index < -0.39 is 6.17 Å². The SMILES string of the molecule is CC(C)CCC(C)C1CCC(C(=O)OC2CCC(F)CC2)CC1. The maximum Gasteiger partial charge on any atom is 0.309 e. The number of hydrogen-bond acceptors (Lipinski definition) is 2. The van der Waals surface area contributed by atoms with Gasteiger partial charge in [-0.1, -0.05) is 33.6 Å². The number of carbonyl (C=O) groups excluding carboxylic acids is 1. The third-order valence-electron chi connectivity index (χ3n) is 6.00. The summed E-state index contributed by atoms with van der Waals surface area (Å²) >= 11 is 0. The topological polar surface area (TPSA) is 26.3 Å². The summed E-state index contributed by atoms with van der Waals surface area (Å²) in [6.45, 7) is 6.95. The predicted molar refractivity (Wildman–Crippen MR) is 91.9 cm³/mol. The van der Waals surface area contributed by atoms with Gasteiger partial charge in [0.2, 0.25) is 0 Å². The van der Waals surface area contributed by atoms with Crippen LogP contribution in [0.5, 0.6) is 0 Å². The summed E-state index contributed by atoms with van der Waals surface area (Å²) in [5.41, 5.74) is 0. The molecule has 2 aliphatic rings. The molecule has 0 aliphatic heterocycles. The minimum Gasteiger partial charge on any atom is -0.462 e. The van der Waals surface area contributed by atoms with E-state index in [0.717, 1.165) is 43.4 Å². The lowest BCUT2D eigenvalue weighted by Crippen LogP contribution is -2.31. The van der Waals surface area contributed by atoms with Crippen LogP contribution in [0.15, 0.2) is 0 Å². The fraction of sp³-hybridized carbons (Fsp3) is 0.950. The fourth-order valence-electron chi connectivity index (χ4n) is 4.16. The van der Waals surface area contributed by atoms with E-state index >= 15 is 0 Å². The average molecular weight is 326 g/mol. The Morgan fingerprint density at radius 2 is 1.57 bits per heavy atom. The van der Waals surface area contributed by atoms with Gasteiger partial charge >= 0.3 is 5.97 Å². The molecule has 2 saturated carbocycles. The zero-order valence-electron chi connectivity index (χ0n) is 15.2. The third-order valence-corrected chi connectivity index (χ3v) is 6.00. The van der Waals surface area contributed by atoms with Crippen LogP contribution >= 0.6 is 0 Å². The van der Waals surface area contributed by atoms with E-state index in [2.05, 4.69) is 20.8 Å². The Morgan fingerprint density at radius 3 is 2.13 bits per heavy atom. The quantitative estimate of drug-likeness (QED) is 0.586. The monoisotopic (exact) mass is 326 g/mol. The molecule has 0 aromatic heterocycles. The van der Waals surface area contributed by atoms with Crippen molar-refractivity contribution in [1.82, 2.24) is 0 Å². The smallest absolute Gasteiger partial charge is 0.309 e. The summed E-state index contributed by atoms with van der Waals surface area (Å²) in [4.78, 5) is 12.3. The van der Waals surface area contributed by atoms with Crippen molar-refractivity contribution in [2.45, 2.75) is 97.3 Å². The van der Waals surface area contributed by atoms with E-state index in [9.17, 15) is 9.18 Å². The molecule has 134 valence electrons. The van der Waals surface area contributed by atoms with Crippen LogP contribution in [0, 0.1) is 23.7 Å². The zero-order valence-corrected chi connectivity index (χ0v) is 15.2. The van der Waals surface area contributed by atoms with E-state index in [1.54, 1.807) is 0 Å². The van der Waals surface area contributed by atoms with Crippen molar-refractivity contribution in [1.29, 1.82) is 0 Å². The Hall–Kier alpha value is -0.600. The van der Waals surface area contributed by atoms with Crippen LogP contribution in [-0.2, 0) is 9.53 Å². The lowest BCUT2D eigenvalue weighted by atomic mass is 9.74. The summed E-state index contributed by atoms with van der Waals surface area (Å²) in [6.07, 6.45) is 8.70. The highest BCUT2D eigenvalue weighted by Crippen LogP contribution is 2.36. The second-order valence-corrected chi connectivity index (χ2v) is 8.37. The van der Waals surface area contributed by atoms with Gasteiger partial charge in [-0.3, -0.25) is 4.79 Å². The highest BCUT2D eigenvalue weighted by Gasteiger charge is 2.32.